The summed E-state index contributed by atoms with van der Waals surface area (Å²) in [5.74, 6) is 1.74. The molecule has 1 saturated carbocycles. The molecule has 2 aromatic carbocycles. The molecule has 2 aromatic rings. The van der Waals surface area contributed by atoms with E-state index in [1.807, 2.05) is 0 Å². The maximum atomic E-state index is 5.54. The molecule has 0 radical (unpaired) electrons. The first-order valence-electron chi connectivity index (χ1n) is 13.7. The monoisotopic (exact) mass is 446 g/mol. The fraction of sp³-hybridized carbons (Fsp3) is 0.562. The van der Waals surface area contributed by atoms with Gasteiger partial charge in [0.25, 0.3) is 0 Å². The molecular weight excluding hydrogens is 400 g/mol. The molecule has 180 valence electrons. The van der Waals surface area contributed by atoms with Gasteiger partial charge in [-0.2, -0.15) is 0 Å². The quantitative estimate of drug-likeness (QED) is 0.195. The van der Waals surface area contributed by atoms with Gasteiger partial charge >= 0.3 is 0 Å². The molecule has 0 aromatic heterocycles. The smallest absolute Gasteiger partial charge is 0.0721 e. The van der Waals surface area contributed by atoms with E-state index in [0.29, 0.717) is 13.2 Å². The second-order valence-corrected chi connectivity index (χ2v) is 10.1. The Hall–Kier alpha value is -1.86. The number of hydrogen-bond donors (Lipinski definition) is 0. The van der Waals surface area contributed by atoms with Crippen molar-refractivity contribution in [3.05, 3.63) is 72.3 Å². The summed E-state index contributed by atoms with van der Waals surface area (Å²) in [6, 6.07) is 18.1. The van der Waals surface area contributed by atoms with Gasteiger partial charge in [-0.15, -0.1) is 6.58 Å². The Morgan fingerprint density at radius 2 is 1.33 bits per heavy atom. The standard InChI is InChI=1S/C32H46O/c1-3-5-6-7-8-9-10-11-12-27-13-17-29(18-14-27)31-21-23-32(24-22-31)30-19-15-28(16-20-30)26-33-25-4-2/h4,15-16,19-24,27,29H,2-3,5-14,17-18,25-26H2,1H3/t27-,29-. The maximum Gasteiger partial charge on any atom is 0.0721 e. The van der Waals surface area contributed by atoms with E-state index >= 15 is 0 Å². The predicted molar refractivity (Wildman–Crippen MR) is 144 cm³/mol. The summed E-state index contributed by atoms with van der Waals surface area (Å²) in [5.41, 5.74) is 5.34. The summed E-state index contributed by atoms with van der Waals surface area (Å²) in [4.78, 5) is 0. The highest BCUT2D eigenvalue weighted by Gasteiger charge is 2.22. The highest BCUT2D eigenvalue weighted by molar-refractivity contribution is 5.64. The van der Waals surface area contributed by atoms with E-state index in [1.165, 1.54) is 100 Å². The van der Waals surface area contributed by atoms with Gasteiger partial charge in [-0.25, -0.2) is 0 Å². The van der Waals surface area contributed by atoms with Gasteiger partial charge in [0.1, 0.15) is 0 Å². The molecule has 0 saturated heterocycles. The number of ether oxygens (including phenoxy) is 1. The van der Waals surface area contributed by atoms with Crippen LogP contribution >= 0.6 is 0 Å². The number of rotatable bonds is 15. The van der Waals surface area contributed by atoms with Crippen molar-refractivity contribution >= 4 is 0 Å². The third-order valence-electron chi connectivity index (χ3n) is 7.49. The van der Waals surface area contributed by atoms with E-state index < -0.39 is 0 Å². The minimum absolute atomic E-state index is 0.602. The highest BCUT2D eigenvalue weighted by atomic mass is 16.5. The first-order valence-corrected chi connectivity index (χ1v) is 13.7. The van der Waals surface area contributed by atoms with E-state index in [4.69, 9.17) is 4.74 Å². The van der Waals surface area contributed by atoms with Crippen LogP contribution in [-0.2, 0) is 11.3 Å². The van der Waals surface area contributed by atoms with Crippen LogP contribution in [0.4, 0.5) is 0 Å². The third kappa shape index (κ3) is 9.13. The van der Waals surface area contributed by atoms with Crippen LogP contribution in [0.5, 0.6) is 0 Å². The lowest BCUT2D eigenvalue weighted by molar-refractivity contribution is 0.149. The first kappa shape index (κ1) is 25.8. The molecule has 0 aliphatic heterocycles. The summed E-state index contributed by atoms with van der Waals surface area (Å²) in [7, 11) is 0. The van der Waals surface area contributed by atoms with Crippen LogP contribution in [0.1, 0.15) is 107 Å². The van der Waals surface area contributed by atoms with Crippen LogP contribution in [0.15, 0.2) is 61.2 Å². The average Bonchev–Trinajstić information content (AvgIpc) is 2.87. The second-order valence-electron chi connectivity index (χ2n) is 10.1. The van der Waals surface area contributed by atoms with Crippen molar-refractivity contribution in [3.8, 4) is 11.1 Å². The van der Waals surface area contributed by atoms with Crippen molar-refractivity contribution in [3.63, 3.8) is 0 Å². The molecule has 0 atom stereocenters. The highest BCUT2D eigenvalue weighted by Crippen LogP contribution is 2.38. The van der Waals surface area contributed by atoms with Crippen LogP contribution in [0.2, 0.25) is 0 Å². The van der Waals surface area contributed by atoms with Gasteiger partial charge in [0, 0.05) is 0 Å². The van der Waals surface area contributed by atoms with E-state index in [9.17, 15) is 0 Å². The van der Waals surface area contributed by atoms with Crippen LogP contribution in [0.3, 0.4) is 0 Å². The van der Waals surface area contributed by atoms with E-state index in [1.54, 1.807) is 11.6 Å². The zero-order valence-electron chi connectivity index (χ0n) is 21.1. The van der Waals surface area contributed by atoms with E-state index in [2.05, 4.69) is 62.0 Å². The van der Waals surface area contributed by atoms with Gasteiger partial charge in [-0.3, -0.25) is 0 Å². The van der Waals surface area contributed by atoms with Crippen LogP contribution in [0, 0.1) is 5.92 Å². The van der Waals surface area contributed by atoms with Crippen molar-refractivity contribution in [2.24, 2.45) is 5.92 Å². The van der Waals surface area contributed by atoms with Crippen molar-refractivity contribution in [1.29, 1.82) is 0 Å². The molecule has 0 N–H and O–H groups in total. The molecule has 0 bridgehead atoms. The summed E-state index contributed by atoms with van der Waals surface area (Å²) in [6.07, 6.45) is 20.4. The van der Waals surface area contributed by atoms with Crippen molar-refractivity contribution in [2.45, 2.75) is 103 Å². The molecule has 33 heavy (non-hydrogen) atoms. The molecule has 0 amide bonds. The SMILES string of the molecule is C=CCOCc1ccc(-c2ccc([C@H]3CC[C@H](CCCCCCCCCC)CC3)cc2)cc1. The molecule has 1 aliphatic carbocycles. The number of hydrogen-bond acceptors (Lipinski definition) is 1. The maximum absolute atomic E-state index is 5.54. The normalized spacial score (nSPS) is 18.3. The molecule has 0 heterocycles. The van der Waals surface area contributed by atoms with Gasteiger partial charge in [0.05, 0.1) is 13.2 Å². The lowest BCUT2D eigenvalue weighted by atomic mass is 9.77. The van der Waals surface area contributed by atoms with Gasteiger partial charge in [0.15, 0.2) is 0 Å². The Morgan fingerprint density at radius 1 is 0.758 bits per heavy atom. The summed E-state index contributed by atoms with van der Waals surface area (Å²) >= 11 is 0. The minimum atomic E-state index is 0.602. The van der Waals surface area contributed by atoms with Crippen LogP contribution in [-0.4, -0.2) is 6.61 Å². The van der Waals surface area contributed by atoms with Gasteiger partial charge in [0.2, 0.25) is 0 Å². The Bertz CT molecular complexity index is 765. The van der Waals surface area contributed by atoms with Crippen molar-refractivity contribution in [1.82, 2.24) is 0 Å². The van der Waals surface area contributed by atoms with Crippen molar-refractivity contribution in [2.75, 3.05) is 6.61 Å². The van der Waals surface area contributed by atoms with E-state index in [-0.39, 0.29) is 0 Å². The fourth-order valence-corrected chi connectivity index (χ4v) is 5.35. The fourth-order valence-electron chi connectivity index (χ4n) is 5.35. The number of benzene rings is 2. The Balaban J connectivity index is 1.36. The zero-order chi connectivity index (χ0) is 23.1. The largest absolute Gasteiger partial charge is 0.373 e. The molecule has 1 fully saturated rings. The minimum Gasteiger partial charge on any atom is -0.373 e. The topological polar surface area (TPSA) is 9.23 Å². The Labute approximate surface area is 203 Å². The van der Waals surface area contributed by atoms with Gasteiger partial charge in [-0.1, -0.05) is 119 Å². The second kappa shape index (κ2) is 15.1. The van der Waals surface area contributed by atoms with Crippen molar-refractivity contribution < 1.29 is 4.74 Å². The predicted octanol–water partition coefficient (Wildman–Crippen LogP) is 9.86. The molecule has 1 heteroatoms. The lowest BCUT2D eigenvalue weighted by Gasteiger charge is -2.29. The Kier molecular flexibility index (Phi) is 11.8. The Morgan fingerprint density at radius 3 is 1.94 bits per heavy atom. The molecular formula is C32H46O. The molecule has 1 aliphatic rings. The molecule has 0 spiro atoms. The average molecular weight is 447 g/mol. The van der Waals surface area contributed by atoms with Crippen LogP contribution in [0.25, 0.3) is 11.1 Å². The summed E-state index contributed by atoms with van der Waals surface area (Å²) in [5, 5.41) is 0. The van der Waals surface area contributed by atoms with E-state index in [0.717, 1.165) is 11.8 Å². The summed E-state index contributed by atoms with van der Waals surface area (Å²) < 4.78 is 5.54. The van der Waals surface area contributed by atoms with Gasteiger partial charge < -0.3 is 4.74 Å². The molecule has 0 unspecified atom stereocenters. The van der Waals surface area contributed by atoms with Gasteiger partial charge in [-0.05, 0) is 59.8 Å². The molecule has 1 nitrogen and oxygen atoms in total. The third-order valence-corrected chi connectivity index (χ3v) is 7.49. The summed E-state index contributed by atoms with van der Waals surface area (Å²) in [6.45, 7) is 7.24. The molecule has 3 rings (SSSR count). The number of unbranched alkanes of at least 4 members (excludes halogenated alkanes) is 7. The first-order chi connectivity index (χ1) is 16.3. The van der Waals surface area contributed by atoms with Crippen LogP contribution < -0.4 is 0 Å². The lowest BCUT2D eigenvalue weighted by Crippen LogP contribution is -2.13. The zero-order valence-corrected chi connectivity index (χ0v) is 21.1.